The van der Waals surface area contributed by atoms with E-state index in [9.17, 15) is 4.57 Å². The smallest absolute Gasteiger partial charge is 0.287 e. The summed E-state index contributed by atoms with van der Waals surface area (Å²) >= 11 is 0. The molecule has 1 aliphatic heterocycles. The zero-order chi connectivity index (χ0) is 11.5. The summed E-state index contributed by atoms with van der Waals surface area (Å²) in [5.41, 5.74) is -0.413. The summed E-state index contributed by atoms with van der Waals surface area (Å²) in [6, 6.07) is 0. The molecule has 4 nitrogen and oxygen atoms in total. The first-order valence-corrected chi connectivity index (χ1v) is 6.93. The number of phosphoric acid groups is 1. The molecule has 0 radical (unpaired) electrons. The van der Waals surface area contributed by atoms with Gasteiger partial charge in [-0.3, -0.25) is 13.6 Å². The molecule has 5 heteroatoms. The van der Waals surface area contributed by atoms with E-state index in [1.807, 2.05) is 20.8 Å². The maximum atomic E-state index is 12.0. The molecule has 0 aromatic rings. The van der Waals surface area contributed by atoms with Gasteiger partial charge in [0.05, 0.1) is 18.8 Å². The zero-order valence-electron chi connectivity index (χ0n) is 9.99. The van der Waals surface area contributed by atoms with Crippen molar-refractivity contribution in [3.63, 3.8) is 0 Å². The van der Waals surface area contributed by atoms with Gasteiger partial charge in [0.15, 0.2) is 0 Å². The Morgan fingerprint density at radius 3 is 2.73 bits per heavy atom. The highest BCUT2D eigenvalue weighted by molar-refractivity contribution is 7.48. The van der Waals surface area contributed by atoms with Gasteiger partial charge in [0.1, 0.15) is 0 Å². The van der Waals surface area contributed by atoms with Gasteiger partial charge in [0.25, 0.3) is 0 Å². The first-order chi connectivity index (χ1) is 6.87. The lowest BCUT2D eigenvalue weighted by Gasteiger charge is -2.34. The van der Waals surface area contributed by atoms with Crippen LogP contribution in [0.25, 0.3) is 0 Å². The van der Waals surface area contributed by atoms with Gasteiger partial charge in [-0.2, -0.15) is 0 Å². The van der Waals surface area contributed by atoms with Crippen molar-refractivity contribution in [1.29, 1.82) is 0 Å². The average molecular weight is 236 g/mol. The number of hydrogen-bond donors (Lipinski definition) is 0. The molecule has 2 unspecified atom stereocenters. The van der Waals surface area contributed by atoms with E-state index in [0.717, 1.165) is 12.8 Å². The quantitative estimate of drug-likeness (QED) is 0.702. The van der Waals surface area contributed by atoms with E-state index >= 15 is 0 Å². The van der Waals surface area contributed by atoms with E-state index in [4.69, 9.17) is 13.6 Å². The van der Waals surface area contributed by atoms with Gasteiger partial charge in [-0.1, -0.05) is 20.3 Å². The fourth-order valence-corrected chi connectivity index (χ4v) is 2.81. The minimum atomic E-state index is -3.30. The standard InChI is InChI=1S/C10H21O4P/c1-5-9(2)8-13-15(11)12-7-6-10(3,4)14-15/h9H,5-8H2,1-4H3. The second-order valence-corrected chi connectivity index (χ2v) is 6.28. The largest absolute Gasteiger partial charge is 0.475 e. The number of hydrogen-bond acceptors (Lipinski definition) is 4. The van der Waals surface area contributed by atoms with Crippen molar-refractivity contribution in [3.05, 3.63) is 0 Å². The topological polar surface area (TPSA) is 44.8 Å². The summed E-state index contributed by atoms with van der Waals surface area (Å²) in [6.45, 7) is 8.76. The van der Waals surface area contributed by atoms with Crippen molar-refractivity contribution < 1.29 is 18.1 Å². The Kier molecular flexibility index (Phi) is 4.36. The van der Waals surface area contributed by atoms with E-state index in [-0.39, 0.29) is 0 Å². The Labute approximate surface area is 91.9 Å². The average Bonchev–Trinajstić information content (AvgIpc) is 2.12. The highest BCUT2D eigenvalue weighted by Crippen LogP contribution is 2.56. The van der Waals surface area contributed by atoms with E-state index in [1.165, 1.54) is 0 Å². The maximum Gasteiger partial charge on any atom is 0.475 e. The Hall–Kier alpha value is 0.110. The third kappa shape index (κ3) is 4.23. The first-order valence-electron chi connectivity index (χ1n) is 5.47. The monoisotopic (exact) mass is 236 g/mol. The van der Waals surface area contributed by atoms with Crippen LogP contribution in [0.2, 0.25) is 0 Å². The van der Waals surface area contributed by atoms with Crippen LogP contribution in [0.15, 0.2) is 0 Å². The third-order valence-electron chi connectivity index (χ3n) is 2.53. The van der Waals surface area contributed by atoms with E-state index < -0.39 is 13.4 Å². The molecule has 0 spiro atoms. The highest BCUT2D eigenvalue weighted by atomic mass is 31.2. The molecule has 0 amide bonds. The molecular formula is C10H21O4P. The minimum absolute atomic E-state index is 0.369. The molecule has 1 heterocycles. The maximum absolute atomic E-state index is 12.0. The molecule has 15 heavy (non-hydrogen) atoms. The first kappa shape index (κ1) is 13.2. The summed E-state index contributed by atoms with van der Waals surface area (Å²) in [5, 5.41) is 0. The summed E-state index contributed by atoms with van der Waals surface area (Å²) in [5.74, 6) is 0.369. The van der Waals surface area contributed by atoms with Gasteiger partial charge in [-0.15, -0.1) is 0 Å². The van der Waals surface area contributed by atoms with E-state index in [2.05, 4.69) is 6.92 Å². The molecule has 2 atom stereocenters. The Morgan fingerprint density at radius 2 is 2.20 bits per heavy atom. The predicted octanol–water partition coefficient (Wildman–Crippen LogP) is 3.37. The number of phosphoric ester groups is 1. The SMILES string of the molecule is CCC(C)COP1(=O)OCCC(C)(C)O1. The van der Waals surface area contributed by atoms with Crippen molar-refractivity contribution >= 4 is 7.82 Å². The van der Waals surface area contributed by atoms with Gasteiger partial charge in [-0.05, 0) is 19.8 Å². The van der Waals surface area contributed by atoms with Crippen molar-refractivity contribution in [2.75, 3.05) is 13.2 Å². The second kappa shape index (κ2) is 4.96. The second-order valence-electron chi connectivity index (χ2n) is 4.69. The van der Waals surface area contributed by atoms with Crippen molar-refractivity contribution in [3.8, 4) is 0 Å². The van der Waals surface area contributed by atoms with Crippen LogP contribution in [0.4, 0.5) is 0 Å². The Morgan fingerprint density at radius 1 is 1.53 bits per heavy atom. The summed E-state index contributed by atoms with van der Waals surface area (Å²) in [6.07, 6.45) is 1.73. The number of rotatable bonds is 4. The minimum Gasteiger partial charge on any atom is -0.287 e. The lowest BCUT2D eigenvalue weighted by molar-refractivity contribution is -0.0218. The van der Waals surface area contributed by atoms with E-state index in [1.54, 1.807) is 0 Å². The molecule has 1 saturated heterocycles. The van der Waals surface area contributed by atoms with Crippen LogP contribution in [0.1, 0.15) is 40.5 Å². The Bertz CT molecular complexity index is 252. The van der Waals surface area contributed by atoms with Crippen LogP contribution in [0, 0.1) is 5.92 Å². The summed E-state index contributed by atoms with van der Waals surface area (Å²) in [4.78, 5) is 0. The third-order valence-corrected chi connectivity index (χ3v) is 4.21. The van der Waals surface area contributed by atoms with Crippen LogP contribution in [0.5, 0.6) is 0 Å². The predicted molar refractivity (Wildman–Crippen MR) is 58.7 cm³/mol. The van der Waals surface area contributed by atoms with E-state index in [0.29, 0.717) is 19.1 Å². The molecule has 0 aromatic carbocycles. The van der Waals surface area contributed by atoms with Gasteiger partial charge in [-0.25, -0.2) is 4.57 Å². The molecule has 0 bridgehead atoms. The van der Waals surface area contributed by atoms with Gasteiger partial charge in [0, 0.05) is 6.42 Å². The molecule has 90 valence electrons. The Balaban J connectivity index is 2.48. The molecular weight excluding hydrogens is 215 g/mol. The zero-order valence-corrected chi connectivity index (χ0v) is 10.9. The van der Waals surface area contributed by atoms with Crippen molar-refractivity contribution in [1.82, 2.24) is 0 Å². The van der Waals surface area contributed by atoms with Crippen LogP contribution in [-0.4, -0.2) is 18.8 Å². The fourth-order valence-electron chi connectivity index (χ4n) is 1.18. The molecule has 1 aliphatic rings. The molecule has 1 fully saturated rings. The molecule has 1 rings (SSSR count). The molecule has 0 aliphatic carbocycles. The van der Waals surface area contributed by atoms with Crippen LogP contribution < -0.4 is 0 Å². The lowest BCUT2D eigenvalue weighted by atomic mass is 10.1. The summed E-state index contributed by atoms with van der Waals surface area (Å²) in [7, 11) is -3.30. The highest BCUT2D eigenvalue weighted by Gasteiger charge is 2.39. The normalized spacial score (nSPS) is 32.5. The van der Waals surface area contributed by atoms with Gasteiger partial charge in [0.2, 0.25) is 0 Å². The molecule has 0 aromatic heterocycles. The molecule has 0 N–H and O–H groups in total. The van der Waals surface area contributed by atoms with Gasteiger partial charge >= 0.3 is 7.82 Å². The fraction of sp³-hybridized carbons (Fsp3) is 1.00. The van der Waals surface area contributed by atoms with Gasteiger partial charge < -0.3 is 0 Å². The van der Waals surface area contributed by atoms with Crippen molar-refractivity contribution in [2.24, 2.45) is 5.92 Å². The van der Waals surface area contributed by atoms with Crippen LogP contribution in [-0.2, 0) is 18.1 Å². The van der Waals surface area contributed by atoms with Crippen LogP contribution in [0.3, 0.4) is 0 Å². The van der Waals surface area contributed by atoms with Crippen LogP contribution >= 0.6 is 7.82 Å². The van der Waals surface area contributed by atoms with Crippen molar-refractivity contribution in [2.45, 2.75) is 46.1 Å². The molecule has 0 saturated carbocycles. The lowest BCUT2D eigenvalue weighted by Crippen LogP contribution is -2.30. The summed E-state index contributed by atoms with van der Waals surface area (Å²) < 4.78 is 27.7.